The molecule has 18 heavy (non-hydrogen) atoms. The minimum absolute atomic E-state index is 0.0924. The Labute approximate surface area is 110 Å². The van der Waals surface area contributed by atoms with Gasteiger partial charge in [-0.25, -0.2) is 0 Å². The highest BCUT2D eigenvalue weighted by molar-refractivity contribution is 5.77. The van der Waals surface area contributed by atoms with Crippen LogP contribution in [0.2, 0.25) is 0 Å². The molecule has 0 saturated carbocycles. The minimum atomic E-state index is 0.0924. The van der Waals surface area contributed by atoms with E-state index in [9.17, 15) is 4.79 Å². The Balaban J connectivity index is 2.10. The van der Waals surface area contributed by atoms with Gasteiger partial charge in [-0.05, 0) is 18.8 Å². The molecule has 0 aromatic rings. The van der Waals surface area contributed by atoms with Gasteiger partial charge in [0.25, 0.3) is 0 Å². The van der Waals surface area contributed by atoms with E-state index in [-0.39, 0.29) is 5.91 Å². The summed E-state index contributed by atoms with van der Waals surface area (Å²) in [5.41, 5.74) is 0. The summed E-state index contributed by atoms with van der Waals surface area (Å²) in [7, 11) is 0. The molecule has 2 N–H and O–H groups in total. The highest BCUT2D eigenvalue weighted by atomic mass is 16.1. The number of carbonyl (C=O) groups is 1. The molecule has 0 aromatic carbocycles. The van der Waals surface area contributed by atoms with Gasteiger partial charge in [0.15, 0.2) is 0 Å². The summed E-state index contributed by atoms with van der Waals surface area (Å²) < 4.78 is 0. The number of carbonyl (C=O) groups excluding carboxylic acids is 1. The Morgan fingerprint density at radius 2 is 2.11 bits per heavy atom. The molecule has 102 valence electrons. The molecular weight excluding hydrogens is 226 g/mol. The summed E-state index contributed by atoms with van der Waals surface area (Å²) in [6, 6.07) is 0.448. The second-order valence-electron chi connectivity index (χ2n) is 5.33. The van der Waals surface area contributed by atoms with Gasteiger partial charge in [-0.15, -0.1) is 6.42 Å². The lowest BCUT2D eigenvalue weighted by Crippen LogP contribution is -2.46. The van der Waals surface area contributed by atoms with Crippen molar-refractivity contribution in [3.63, 3.8) is 0 Å². The molecule has 0 aliphatic carbocycles. The standard InChI is InChI=1S/C14H25N3O/c1-4-7-17-8-5-13(6-9-17)15-11-14(18)16-10-12(2)3/h1,12-13,15H,5-11H2,2-3H3,(H,16,18). The molecule has 1 amide bonds. The molecule has 0 unspecified atom stereocenters. The van der Waals surface area contributed by atoms with E-state index in [1.807, 2.05) is 0 Å². The van der Waals surface area contributed by atoms with Crippen molar-refractivity contribution in [3.05, 3.63) is 0 Å². The topological polar surface area (TPSA) is 44.4 Å². The molecule has 1 heterocycles. The van der Waals surface area contributed by atoms with E-state index in [0.29, 0.717) is 18.5 Å². The lowest BCUT2D eigenvalue weighted by atomic mass is 10.1. The van der Waals surface area contributed by atoms with Gasteiger partial charge in [0.2, 0.25) is 5.91 Å². The summed E-state index contributed by atoms with van der Waals surface area (Å²) >= 11 is 0. The minimum Gasteiger partial charge on any atom is -0.355 e. The molecule has 0 radical (unpaired) electrons. The highest BCUT2D eigenvalue weighted by Crippen LogP contribution is 2.09. The predicted molar refractivity (Wildman–Crippen MR) is 74.1 cm³/mol. The molecule has 1 rings (SSSR count). The van der Waals surface area contributed by atoms with Crippen LogP contribution in [0.5, 0.6) is 0 Å². The maximum Gasteiger partial charge on any atom is 0.233 e. The van der Waals surface area contributed by atoms with Crippen LogP contribution in [-0.4, -0.2) is 49.6 Å². The summed E-state index contributed by atoms with van der Waals surface area (Å²) in [5, 5.41) is 6.23. The molecule has 4 nitrogen and oxygen atoms in total. The molecule has 1 saturated heterocycles. The van der Waals surface area contributed by atoms with Gasteiger partial charge >= 0.3 is 0 Å². The van der Waals surface area contributed by atoms with Crippen molar-refractivity contribution in [3.8, 4) is 12.3 Å². The summed E-state index contributed by atoms with van der Waals surface area (Å²) in [6.45, 7) is 8.14. The molecule has 0 aromatic heterocycles. The Morgan fingerprint density at radius 1 is 1.44 bits per heavy atom. The van der Waals surface area contributed by atoms with E-state index in [1.165, 1.54) is 0 Å². The van der Waals surface area contributed by atoms with Crippen LogP contribution in [0, 0.1) is 18.3 Å². The SMILES string of the molecule is C#CCN1CCC(NCC(=O)NCC(C)C)CC1. The third-order valence-electron chi connectivity index (χ3n) is 3.16. The fourth-order valence-electron chi connectivity index (χ4n) is 2.04. The van der Waals surface area contributed by atoms with E-state index < -0.39 is 0 Å². The van der Waals surface area contributed by atoms with Crippen molar-refractivity contribution in [1.29, 1.82) is 0 Å². The van der Waals surface area contributed by atoms with Crippen molar-refractivity contribution in [2.24, 2.45) is 5.92 Å². The number of terminal acetylenes is 1. The van der Waals surface area contributed by atoms with Gasteiger partial charge in [-0.2, -0.15) is 0 Å². The Bertz CT molecular complexity index is 288. The number of nitrogens with zero attached hydrogens (tertiary/aromatic N) is 1. The zero-order chi connectivity index (χ0) is 13.4. The third-order valence-corrected chi connectivity index (χ3v) is 3.16. The smallest absolute Gasteiger partial charge is 0.233 e. The van der Waals surface area contributed by atoms with Gasteiger partial charge in [0.1, 0.15) is 0 Å². The maximum absolute atomic E-state index is 11.5. The molecule has 1 aliphatic rings. The number of nitrogens with one attached hydrogen (secondary N) is 2. The quantitative estimate of drug-likeness (QED) is 0.674. The molecule has 0 spiro atoms. The lowest BCUT2D eigenvalue weighted by Gasteiger charge is -2.31. The van der Waals surface area contributed by atoms with Crippen LogP contribution in [0.25, 0.3) is 0 Å². The van der Waals surface area contributed by atoms with Crippen molar-refractivity contribution in [2.75, 3.05) is 32.7 Å². The second kappa shape index (κ2) is 8.12. The van der Waals surface area contributed by atoms with Crippen LogP contribution in [0.1, 0.15) is 26.7 Å². The summed E-state index contributed by atoms with van der Waals surface area (Å²) in [4.78, 5) is 13.8. The fourth-order valence-corrected chi connectivity index (χ4v) is 2.04. The first kappa shape index (κ1) is 15.0. The van der Waals surface area contributed by atoms with Gasteiger partial charge in [0.05, 0.1) is 13.1 Å². The average Bonchev–Trinajstić information content (AvgIpc) is 2.36. The second-order valence-corrected chi connectivity index (χ2v) is 5.33. The van der Waals surface area contributed by atoms with Gasteiger partial charge in [0, 0.05) is 25.7 Å². The number of amides is 1. The Kier molecular flexibility index (Phi) is 6.77. The molecule has 4 heteroatoms. The summed E-state index contributed by atoms with van der Waals surface area (Å²) in [6.07, 6.45) is 7.43. The molecule has 1 aliphatic heterocycles. The number of likely N-dealkylation sites (tertiary alicyclic amines) is 1. The maximum atomic E-state index is 11.5. The van der Waals surface area contributed by atoms with Gasteiger partial charge < -0.3 is 10.6 Å². The van der Waals surface area contributed by atoms with Crippen molar-refractivity contribution < 1.29 is 4.79 Å². The monoisotopic (exact) mass is 251 g/mol. The first-order chi connectivity index (χ1) is 8.61. The molecule has 0 bridgehead atoms. The zero-order valence-corrected chi connectivity index (χ0v) is 11.5. The Hall–Kier alpha value is -1.05. The van der Waals surface area contributed by atoms with Crippen LogP contribution < -0.4 is 10.6 Å². The van der Waals surface area contributed by atoms with E-state index in [2.05, 4.69) is 35.3 Å². The third kappa shape index (κ3) is 6.04. The van der Waals surface area contributed by atoms with Crippen molar-refractivity contribution in [1.82, 2.24) is 15.5 Å². The van der Waals surface area contributed by atoms with Crippen molar-refractivity contribution in [2.45, 2.75) is 32.7 Å². The number of hydrogen-bond donors (Lipinski definition) is 2. The van der Waals surface area contributed by atoms with Crippen molar-refractivity contribution >= 4 is 5.91 Å². The lowest BCUT2D eigenvalue weighted by molar-refractivity contribution is -0.120. The Morgan fingerprint density at radius 3 is 2.67 bits per heavy atom. The van der Waals surface area contributed by atoms with Crippen LogP contribution >= 0.6 is 0 Å². The van der Waals surface area contributed by atoms with Crippen LogP contribution in [0.3, 0.4) is 0 Å². The first-order valence-electron chi connectivity index (χ1n) is 6.77. The van der Waals surface area contributed by atoms with Crippen LogP contribution in [-0.2, 0) is 4.79 Å². The van der Waals surface area contributed by atoms with Gasteiger partial charge in [-0.3, -0.25) is 9.69 Å². The van der Waals surface area contributed by atoms with Crippen LogP contribution in [0.15, 0.2) is 0 Å². The molecule has 1 fully saturated rings. The largest absolute Gasteiger partial charge is 0.355 e. The number of rotatable bonds is 6. The highest BCUT2D eigenvalue weighted by Gasteiger charge is 2.18. The fraction of sp³-hybridized carbons (Fsp3) is 0.786. The van der Waals surface area contributed by atoms with Gasteiger partial charge in [-0.1, -0.05) is 19.8 Å². The molecular formula is C14H25N3O. The predicted octanol–water partition coefficient (Wildman–Crippen LogP) is 0.446. The average molecular weight is 251 g/mol. The zero-order valence-electron chi connectivity index (χ0n) is 11.5. The summed E-state index contributed by atoms with van der Waals surface area (Å²) in [5.74, 6) is 3.26. The van der Waals surface area contributed by atoms with Crippen LogP contribution in [0.4, 0.5) is 0 Å². The number of hydrogen-bond acceptors (Lipinski definition) is 3. The van der Waals surface area contributed by atoms with E-state index >= 15 is 0 Å². The normalized spacial score (nSPS) is 17.7. The van der Waals surface area contributed by atoms with E-state index in [4.69, 9.17) is 6.42 Å². The first-order valence-corrected chi connectivity index (χ1v) is 6.77. The number of piperidine rings is 1. The van der Waals surface area contributed by atoms with E-state index in [1.54, 1.807) is 0 Å². The molecule has 0 atom stereocenters. The van der Waals surface area contributed by atoms with E-state index in [0.717, 1.165) is 39.0 Å².